The lowest BCUT2D eigenvalue weighted by Gasteiger charge is -2.06. The Labute approximate surface area is 98.2 Å². The summed E-state index contributed by atoms with van der Waals surface area (Å²) in [7, 11) is 0. The van der Waals surface area contributed by atoms with E-state index in [1.165, 1.54) is 12.1 Å². The molecule has 0 aromatic carbocycles. The molecular weight excluding hydrogens is 261 g/mol. The second-order valence-electron chi connectivity index (χ2n) is 2.99. The van der Waals surface area contributed by atoms with Crippen molar-refractivity contribution in [2.24, 2.45) is 0 Å². The molecule has 0 aliphatic rings. The number of nitrogens with zero attached hydrogens (tertiary/aromatic N) is 2. The maximum absolute atomic E-state index is 12.4. The Bertz CT molecular complexity index is 612. The van der Waals surface area contributed by atoms with Crippen LogP contribution in [0.3, 0.4) is 0 Å². The molecule has 0 fully saturated rings. The van der Waals surface area contributed by atoms with Crippen molar-refractivity contribution in [3.8, 4) is 0 Å². The second-order valence-corrected chi connectivity index (χ2v) is 3.79. The van der Waals surface area contributed by atoms with Gasteiger partial charge < -0.3 is 0 Å². The molecule has 84 valence electrons. The molecule has 0 amide bonds. The van der Waals surface area contributed by atoms with Gasteiger partial charge in [-0.2, -0.15) is 8.78 Å². The Hall–Kier alpha value is -1.20. The van der Waals surface area contributed by atoms with Crippen molar-refractivity contribution >= 4 is 34.1 Å². The summed E-state index contributed by atoms with van der Waals surface area (Å²) in [5.41, 5.74) is -0.693. The molecule has 16 heavy (non-hydrogen) atoms. The molecule has 0 radical (unpaired) electrons. The molecule has 0 atom stereocenters. The van der Waals surface area contributed by atoms with Gasteiger partial charge in [0, 0.05) is 6.20 Å². The van der Waals surface area contributed by atoms with Crippen LogP contribution in [0.2, 0.25) is 10.2 Å². The van der Waals surface area contributed by atoms with Crippen LogP contribution in [0.15, 0.2) is 23.1 Å². The van der Waals surface area contributed by atoms with Gasteiger partial charge in [-0.25, -0.2) is 4.98 Å². The van der Waals surface area contributed by atoms with Gasteiger partial charge in [0.1, 0.15) is 5.15 Å². The van der Waals surface area contributed by atoms with Gasteiger partial charge in [0.2, 0.25) is 0 Å². The highest BCUT2D eigenvalue weighted by Gasteiger charge is 2.13. The third kappa shape index (κ3) is 1.76. The quantitative estimate of drug-likeness (QED) is 0.742. The van der Waals surface area contributed by atoms with E-state index in [-0.39, 0.29) is 25.6 Å². The summed E-state index contributed by atoms with van der Waals surface area (Å²) in [5.74, 6) is 0. The van der Waals surface area contributed by atoms with Crippen molar-refractivity contribution in [3.63, 3.8) is 0 Å². The first-order valence-electron chi connectivity index (χ1n) is 4.16. The van der Waals surface area contributed by atoms with Gasteiger partial charge in [-0.15, -0.1) is 0 Å². The maximum Gasteiger partial charge on any atom is 0.321 e. The number of aromatic nitrogens is 2. The minimum Gasteiger partial charge on any atom is -0.268 e. The fourth-order valence-electron chi connectivity index (χ4n) is 1.34. The summed E-state index contributed by atoms with van der Waals surface area (Å²) in [6, 6.07) is 2.50. The Morgan fingerprint density at radius 1 is 1.38 bits per heavy atom. The zero-order valence-electron chi connectivity index (χ0n) is 7.62. The average Bonchev–Trinajstić information content (AvgIpc) is 2.15. The Morgan fingerprint density at radius 2 is 2.06 bits per heavy atom. The molecule has 0 N–H and O–H groups in total. The van der Waals surface area contributed by atoms with Gasteiger partial charge in [0.05, 0.1) is 15.9 Å². The van der Waals surface area contributed by atoms with Gasteiger partial charge >= 0.3 is 6.55 Å². The molecule has 2 rings (SSSR count). The van der Waals surface area contributed by atoms with Crippen LogP contribution in [0, 0.1) is 0 Å². The van der Waals surface area contributed by atoms with E-state index in [0.717, 1.165) is 6.20 Å². The Morgan fingerprint density at radius 3 is 2.69 bits per heavy atom. The van der Waals surface area contributed by atoms with E-state index in [4.69, 9.17) is 23.2 Å². The van der Waals surface area contributed by atoms with E-state index in [0.29, 0.717) is 0 Å². The average molecular weight is 265 g/mol. The summed E-state index contributed by atoms with van der Waals surface area (Å²) in [6.07, 6.45) is 0.953. The van der Waals surface area contributed by atoms with Crippen LogP contribution in [0.5, 0.6) is 0 Å². The molecular formula is C9H4Cl2F2N2O. The number of halogens is 4. The number of hydrogen-bond acceptors (Lipinski definition) is 2. The summed E-state index contributed by atoms with van der Waals surface area (Å²) in [5, 5.41) is 0.0514. The first-order valence-corrected chi connectivity index (χ1v) is 4.91. The van der Waals surface area contributed by atoms with Crippen molar-refractivity contribution in [1.29, 1.82) is 0 Å². The predicted molar refractivity (Wildman–Crippen MR) is 57.3 cm³/mol. The number of pyridine rings is 2. The number of rotatable bonds is 1. The van der Waals surface area contributed by atoms with E-state index in [9.17, 15) is 13.6 Å². The Kier molecular flexibility index (Phi) is 2.82. The van der Waals surface area contributed by atoms with Crippen molar-refractivity contribution in [2.45, 2.75) is 6.55 Å². The minimum absolute atomic E-state index is 0.00926. The molecule has 0 bridgehead atoms. The van der Waals surface area contributed by atoms with Crippen molar-refractivity contribution in [2.75, 3.05) is 0 Å². The van der Waals surface area contributed by atoms with Crippen LogP contribution in [0.1, 0.15) is 6.55 Å². The molecule has 0 saturated heterocycles. The molecule has 0 saturated carbocycles. The normalized spacial score (nSPS) is 11.3. The predicted octanol–water partition coefficient (Wildman–Crippen LogP) is 3.10. The molecule has 0 spiro atoms. The van der Waals surface area contributed by atoms with E-state index >= 15 is 0 Å². The summed E-state index contributed by atoms with van der Waals surface area (Å²) in [4.78, 5) is 15.4. The first kappa shape index (κ1) is 11.3. The molecule has 0 aliphatic carbocycles. The van der Waals surface area contributed by atoms with Crippen molar-refractivity contribution in [1.82, 2.24) is 9.55 Å². The van der Waals surface area contributed by atoms with Crippen LogP contribution in [0.4, 0.5) is 8.78 Å². The van der Waals surface area contributed by atoms with E-state index in [1.54, 1.807) is 0 Å². The SMILES string of the molecule is O=c1c2c(Cl)cc(Cl)nc2ccn1C(F)F. The number of alkyl halides is 2. The highest BCUT2D eigenvalue weighted by atomic mass is 35.5. The van der Waals surface area contributed by atoms with Gasteiger partial charge in [-0.1, -0.05) is 23.2 Å². The molecule has 2 heterocycles. The van der Waals surface area contributed by atoms with Crippen LogP contribution in [-0.4, -0.2) is 9.55 Å². The van der Waals surface area contributed by atoms with Gasteiger partial charge in [-0.05, 0) is 12.1 Å². The van der Waals surface area contributed by atoms with Crippen molar-refractivity contribution in [3.05, 3.63) is 38.9 Å². The minimum atomic E-state index is -2.91. The smallest absolute Gasteiger partial charge is 0.268 e. The highest BCUT2D eigenvalue weighted by Crippen LogP contribution is 2.22. The summed E-state index contributed by atoms with van der Waals surface area (Å²) >= 11 is 11.4. The molecule has 7 heteroatoms. The number of fused-ring (bicyclic) bond motifs is 1. The van der Waals surface area contributed by atoms with Crippen LogP contribution < -0.4 is 5.56 Å². The molecule has 0 aliphatic heterocycles. The standard InChI is InChI=1S/C9H4Cl2F2N2O/c10-4-3-6(11)14-5-1-2-15(9(12)13)8(16)7(4)5/h1-3,9H. The second kappa shape index (κ2) is 3.99. The van der Waals surface area contributed by atoms with Crippen LogP contribution >= 0.6 is 23.2 Å². The van der Waals surface area contributed by atoms with Gasteiger partial charge in [0.15, 0.2) is 0 Å². The third-order valence-corrected chi connectivity index (χ3v) is 2.51. The molecule has 3 nitrogen and oxygen atoms in total. The van der Waals surface area contributed by atoms with Crippen molar-refractivity contribution < 1.29 is 8.78 Å². The molecule has 2 aromatic heterocycles. The fraction of sp³-hybridized carbons (Fsp3) is 0.111. The van der Waals surface area contributed by atoms with E-state index in [1.807, 2.05) is 0 Å². The largest absolute Gasteiger partial charge is 0.321 e. The third-order valence-electron chi connectivity index (χ3n) is 2.02. The van der Waals surface area contributed by atoms with E-state index < -0.39 is 12.1 Å². The van der Waals surface area contributed by atoms with Gasteiger partial charge in [0.25, 0.3) is 5.56 Å². The summed E-state index contributed by atoms with van der Waals surface area (Å²) in [6.45, 7) is -2.91. The maximum atomic E-state index is 12.4. The topological polar surface area (TPSA) is 34.9 Å². The highest BCUT2D eigenvalue weighted by molar-refractivity contribution is 6.37. The van der Waals surface area contributed by atoms with Gasteiger partial charge in [-0.3, -0.25) is 9.36 Å². The lowest BCUT2D eigenvalue weighted by molar-refractivity contribution is 0.0669. The van der Waals surface area contributed by atoms with E-state index in [2.05, 4.69) is 4.98 Å². The molecule has 2 aromatic rings. The fourth-order valence-corrected chi connectivity index (χ4v) is 1.87. The zero-order chi connectivity index (χ0) is 11.9. The number of hydrogen-bond donors (Lipinski definition) is 0. The first-order chi connectivity index (χ1) is 7.50. The Balaban J connectivity index is 2.90. The monoisotopic (exact) mass is 264 g/mol. The van der Waals surface area contributed by atoms with Crippen LogP contribution in [0.25, 0.3) is 10.9 Å². The lowest BCUT2D eigenvalue weighted by atomic mass is 10.2. The summed E-state index contributed by atoms with van der Waals surface area (Å²) < 4.78 is 25.2. The van der Waals surface area contributed by atoms with Crippen LogP contribution in [-0.2, 0) is 0 Å². The molecule has 0 unspecified atom stereocenters. The lowest BCUT2D eigenvalue weighted by Crippen LogP contribution is -2.20. The zero-order valence-corrected chi connectivity index (χ0v) is 9.14.